The molecule has 43 heavy (non-hydrogen) atoms. The first kappa shape index (κ1) is 30.2. The van der Waals surface area contributed by atoms with Crippen LogP contribution in [-0.2, 0) is 15.1 Å². The number of methoxy groups -OCH3 is 2. The zero-order chi connectivity index (χ0) is 30.6. The molecule has 3 aromatic carbocycles. The van der Waals surface area contributed by atoms with Gasteiger partial charge in [0.1, 0.15) is 22.7 Å². The van der Waals surface area contributed by atoms with Gasteiger partial charge in [-0.2, -0.15) is 0 Å². The molecule has 0 spiro atoms. The zero-order valence-electron chi connectivity index (χ0n) is 24.8. The summed E-state index contributed by atoms with van der Waals surface area (Å²) in [5.41, 5.74) is -0.442. The number of likely N-dealkylation sites (N-methyl/N-ethyl adjacent to an activating group) is 1. The van der Waals surface area contributed by atoms with Crippen molar-refractivity contribution >= 4 is 0 Å². The third kappa shape index (κ3) is 6.00. The molecule has 5 rings (SSSR count). The van der Waals surface area contributed by atoms with E-state index in [1.807, 2.05) is 90.8 Å². The van der Waals surface area contributed by atoms with Crippen LogP contribution in [0, 0.1) is 6.92 Å². The van der Waals surface area contributed by atoms with E-state index in [9.17, 15) is 14.7 Å². The minimum absolute atomic E-state index is 0.0334. The summed E-state index contributed by atoms with van der Waals surface area (Å²) >= 11 is 0. The van der Waals surface area contributed by atoms with E-state index in [2.05, 4.69) is 4.98 Å². The van der Waals surface area contributed by atoms with E-state index in [0.29, 0.717) is 30.2 Å². The number of hydrogen-bond donors (Lipinski definition) is 2. The number of benzene rings is 3. The predicted molar refractivity (Wildman–Crippen MR) is 162 cm³/mol. The van der Waals surface area contributed by atoms with Crippen LogP contribution in [0.15, 0.2) is 94.6 Å². The number of morpholine rings is 1. The van der Waals surface area contributed by atoms with Crippen molar-refractivity contribution in [3.8, 4) is 11.5 Å². The monoisotopic (exact) mass is 587 g/mol. The van der Waals surface area contributed by atoms with Crippen LogP contribution in [0.25, 0.3) is 0 Å². The van der Waals surface area contributed by atoms with Crippen molar-refractivity contribution in [2.75, 3.05) is 47.6 Å². The van der Waals surface area contributed by atoms with Gasteiger partial charge >= 0.3 is 5.69 Å². The quantitative estimate of drug-likeness (QED) is 0.272. The van der Waals surface area contributed by atoms with Crippen LogP contribution in [0.3, 0.4) is 0 Å². The Bertz CT molecular complexity index is 1590. The molecule has 10 heteroatoms. The molecule has 1 saturated heterocycles. The topological polar surface area (TPSA) is 115 Å². The number of aromatic nitrogens is 2. The van der Waals surface area contributed by atoms with Gasteiger partial charge < -0.3 is 24.1 Å². The highest BCUT2D eigenvalue weighted by Crippen LogP contribution is 2.43. The third-order valence-electron chi connectivity index (χ3n) is 7.88. The van der Waals surface area contributed by atoms with E-state index in [4.69, 9.17) is 18.9 Å². The molecule has 1 aliphatic heterocycles. The Kier molecular flexibility index (Phi) is 8.84. The average Bonchev–Trinajstić information content (AvgIpc) is 3.04. The molecule has 0 bridgehead atoms. The van der Waals surface area contributed by atoms with Crippen molar-refractivity contribution in [3.05, 3.63) is 128 Å². The summed E-state index contributed by atoms with van der Waals surface area (Å²) in [6, 6.07) is 25.2. The van der Waals surface area contributed by atoms with Gasteiger partial charge in [-0.3, -0.25) is 19.2 Å². The van der Waals surface area contributed by atoms with Crippen molar-refractivity contribution in [2.45, 2.75) is 24.4 Å². The van der Waals surface area contributed by atoms with Gasteiger partial charge in [-0.1, -0.05) is 54.6 Å². The van der Waals surface area contributed by atoms with Gasteiger partial charge in [-0.15, -0.1) is 0 Å². The normalized spacial score (nSPS) is 19.2. The number of H-pyrrole nitrogens is 1. The summed E-state index contributed by atoms with van der Waals surface area (Å²) in [7, 11) is 5.13. The number of hydrogen-bond acceptors (Lipinski definition) is 8. The lowest BCUT2D eigenvalue weighted by Crippen LogP contribution is -2.59. The molecule has 0 saturated carbocycles. The van der Waals surface area contributed by atoms with Crippen LogP contribution >= 0.6 is 0 Å². The van der Waals surface area contributed by atoms with Crippen molar-refractivity contribution in [2.24, 2.45) is 0 Å². The second-order valence-corrected chi connectivity index (χ2v) is 10.9. The maximum Gasteiger partial charge on any atom is 0.330 e. The van der Waals surface area contributed by atoms with Crippen LogP contribution in [0.1, 0.15) is 28.5 Å². The van der Waals surface area contributed by atoms with Crippen molar-refractivity contribution in [3.63, 3.8) is 0 Å². The van der Waals surface area contributed by atoms with Gasteiger partial charge in [0.25, 0.3) is 5.56 Å². The van der Waals surface area contributed by atoms with Crippen molar-refractivity contribution in [1.82, 2.24) is 14.5 Å². The molecule has 0 radical (unpaired) electrons. The maximum absolute atomic E-state index is 12.8. The lowest BCUT2D eigenvalue weighted by molar-refractivity contribution is -0.227. The molecular formula is C33H37N3O7. The van der Waals surface area contributed by atoms with Crippen LogP contribution in [-0.4, -0.2) is 72.7 Å². The van der Waals surface area contributed by atoms with Gasteiger partial charge in [0.05, 0.1) is 27.4 Å². The molecule has 0 aliphatic carbocycles. The molecular weight excluding hydrogens is 550 g/mol. The molecule has 2 N–H and O–H groups in total. The lowest BCUT2D eigenvalue weighted by Gasteiger charge is -2.46. The molecule has 2 heterocycles. The summed E-state index contributed by atoms with van der Waals surface area (Å²) < 4.78 is 25.8. The van der Waals surface area contributed by atoms with Gasteiger partial charge in [-0.25, -0.2) is 4.79 Å². The van der Waals surface area contributed by atoms with Gasteiger partial charge in [0.2, 0.25) is 0 Å². The van der Waals surface area contributed by atoms with E-state index in [0.717, 1.165) is 16.7 Å². The molecule has 0 amide bonds. The number of ether oxygens (including phenoxy) is 4. The number of rotatable bonds is 10. The Labute approximate surface area is 250 Å². The molecule has 2 atom stereocenters. The van der Waals surface area contributed by atoms with E-state index in [-0.39, 0.29) is 13.2 Å². The molecule has 1 fully saturated rings. The highest BCUT2D eigenvalue weighted by atomic mass is 16.6. The maximum atomic E-state index is 12.8. The first-order chi connectivity index (χ1) is 20.7. The summed E-state index contributed by atoms with van der Waals surface area (Å²) in [6.45, 7) is 1.93. The summed E-state index contributed by atoms with van der Waals surface area (Å²) in [5.74, 6) is 1.41. The van der Waals surface area contributed by atoms with E-state index in [1.165, 1.54) is 10.8 Å². The Morgan fingerprint density at radius 3 is 2.02 bits per heavy atom. The van der Waals surface area contributed by atoms with Gasteiger partial charge in [0, 0.05) is 24.8 Å². The number of aromatic amines is 1. The standard InChI is InChI=1S/C33H37N3O7/c1-23-18-36(31(39)34-30(23)38)29-19-35(2)20-32(21-37,43-29)22-42-33(24-8-6-5-7-9-24,25-10-14-27(40-3)15-11-25)26-12-16-28(41-4)17-13-26/h5-18,29,37H,19-22H2,1-4H3,(H,34,38,39)/t29-,32-/m1/s1. The van der Waals surface area contributed by atoms with Crippen molar-refractivity contribution < 1.29 is 24.1 Å². The molecule has 4 aromatic rings. The summed E-state index contributed by atoms with van der Waals surface area (Å²) in [5, 5.41) is 10.8. The van der Waals surface area contributed by atoms with Crippen LogP contribution < -0.4 is 20.7 Å². The highest BCUT2D eigenvalue weighted by molar-refractivity contribution is 5.49. The second-order valence-electron chi connectivity index (χ2n) is 10.9. The van der Waals surface area contributed by atoms with Gasteiger partial charge in [-0.05, 0) is 54.9 Å². The molecule has 1 aromatic heterocycles. The molecule has 10 nitrogen and oxygen atoms in total. The van der Waals surface area contributed by atoms with E-state index < -0.39 is 28.7 Å². The van der Waals surface area contributed by atoms with Crippen LogP contribution in [0.5, 0.6) is 11.5 Å². The minimum atomic E-state index is -1.21. The fraction of sp³-hybridized carbons (Fsp3) is 0.333. The summed E-state index contributed by atoms with van der Waals surface area (Å²) in [4.78, 5) is 29.1. The average molecular weight is 588 g/mol. The third-order valence-corrected chi connectivity index (χ3v) is 7.88. The SMILES string of the molecule is COc1ccc(C(OC[C@]2(CO)CN(C)C[C@H](n3cc(C)c(=O)[nH]c3=O)O2)(c2ccccc2)c2ccc(OC)cc2)cc1. The van der Waals surface area contributed by atoms with E-state index in [1.54, 1.807) is 21.1 Å². The predicted octanol–water partition coefficient (Wildman–Crippen LogP) is 3.06. The van der Waals surface area contributed by atoms with Crippen LogP contribution in [0.4, 0.5) is 0 Å². The first-order valence-electron chi connectivity index (χ1n) is 14.0. The Balaban J connectivity index is 1.61. The lowest BCUT2D eigenvalue weighted by atomic mass is 9.79. The number of nitrogens with zero attached hydrogens (tertiary/aromatic N) is 2. The highest BCUT2D eigenvalue weighted by Gasteiger charge is 2.45. The van der Waals surface area contributed by atoms with Crippen molar-refractivity contribution in [1.29, 1.82) is 0 Å². The summed E-state index contributed by atoms with van der Waals surface area (Å²) in [6.07, 6.45) is 0.711. The molecule has 0 unspecified atom stereocenters. The molecule has 226 valence electrons. The molecule has 1 aliphatic rings. The minimum Gasteiger partial charge on any atom is -0.497 e. The number of nitrogens with one attached hydrogen (secondary N) is 1. The first-order valence-corrected chi connectivity index (χ1v) is 14.0. The van der Waals surface area contributed by atoms with Gasteiger partial charge in [0.15, 0.2) is 6.23 Å². The fourth-order valence-electron chi connectivity index (χ4n) is 5.66. The largest absolute Gasteiger partial charge is 0.497 e. The van der Waals surface area contributed by atoms with E-state index >= 15 is 0 Å². The second kappa shape index (κ2) is 12.6. The zero-order valence-corrected chi connectivity index (χ0v) is 24.8. The smallest absolute Gasteiger partial charge is 0.330 e. The number of aliphatic hydroxyl groups is 1. The number of aliphatic hydroxyl groups excluding tert-OH is 1. The Hall–Kier alpha value is -4.22. The van der Waals surface area contributed by atoms with Crippen LogP contribution in [0.2, 0.25) is 0 Å². The Morgan fingerprint density at radius 2 is 1.49 bits per heavy atom. The fourth-order valence-corrected chi connectivity index (χ4v) is 5.66. The Morgan fingerprint density at radius 1 is 0.930 bits per heavy atom. The number of aryl methyl sites for hydroxylation is 1.